The van der Waals surface area contributed by atoms with Crippen molar-refractivity contribution in [3.05, 3.63) is 53.1 Å². The molecular weight excluding hydrogens is 478 g/mol. The van der Waals surface area contributed by atoms with Gasteiger partial charge in [0, 0.05) is 35.3 Å². The van der Waals surface area contributed by atoms with E-state index in [1.807, 2.05) is 32.8 Å². The second-order valence-corrected chi connectivity index (χ2v) is 11.2. The van der Waals surface area contributed by atoms with Crippen molar-refractivity contribution in [1.82, 2.24) is 9.80 Å². The third-order valence-electron chi connectivity index (χ3n) is 5.84. The van der Waals surface area contributed by atoms with E-state index in [2.05, 4.69) is 4.72 Å². The molecule has 34 heavy (non-hydrogen) atoms. The molecule has 2 N–H and O–H groups in total. The summed E-state index contributed by atoms with van der Waals surface area (Å²) in [5, 5.41) is 10.1. The van der Waals surface area contributed by atoms with Crippen LogP contribution in [0.5, 0.6) is 5.75 Å². The number of anilines is 1. The van der Waals surface area contributed by atoms with E-state index in [0.717, 1.165) is 0 Å². The number of fused-ring (bicyclic) bond motifs is 1. The number of amides is 1. The molecule has 0 aromatic heterocycles. The van der Waals surface area contributed by atoms with Crippen LogP contribution in [0.15, 0.2) is 47.4 Å². The molecule has 3 rings (SSSR count). The molecule has 8 nitrogen and oxygen atoms in total. The SMILES string of the molecule is C[C@@H]1CN([C@H](C)CO)C(=O)Cc2cc(NS(=O)(=O)c3ccc(Cl)cc3)ccc2O[C@@H]1CN(C)C. The van der Waals surface area contributed by atoms with Crippen LogP contribution >= 0.6 is 11.6 Å². The number of sulfonamides is 1. The molecule has 1 aliphatic rings. The summed E-state index contributed by atoms with van der Waals surface area (Å²) in [7, 11) is 0.0700. The molecule has 1 heterocycles. The van der Waals surface area contributed by atoms with Gasteiger partial charge < -0.3 is 19.6 Å². The third kappa shape index (κ3) is 6.41. The number of halogens is 1. The van der Waals surface area contributed by atoms with Gasteiger partial charge in [0.2, 0.25) is 5.91 Å². The maximum Gasteiger partial charge on any atom is 0.261 e. The van der Waals surface area contributed by atoms with Gasteiger partial charge in [0.25, 0.3) is 10.0 Å². The number of aliphatic hydroxyl groups excluding tert-OH is 1. The fourth-order valence-corrected chi connectivity index (χ4v) is 5.07. The number of nitrogens with one attached hydrogen (secondary N) is 1. The first kappa shape index (κ1) is 26.3. The first-order valence-electron chi connectivity index (χ1n) is 11.1. The Bertz CT molecular complexity index is 1110. The average Bonchev–Trinajstić information content (AvgIpc) is 2.81. The molecule has 0 saturated carbocycles. The standard InChI is InChI=1S/C24H32ClN3O5S/c1-16-13-28(17(2)15-29)24(30)12-18-11-20(7-10-22(18)33-23(16)14-27(3)4)26-34(31,32)21-8-5-19(25)6-9-21/h5-11,16-17,23,26,29H,12-15H2,1-4H3/t16-,17-,23-/m1/s1. The van der Waals surface area contributed by atoms with Gasteiger partial charge in [0.15, 0.2) is 0 Å². The van der Waals surface area contributed by atoms with Crippen molar-refractivity contribution < 1.29 is 23.1 Å². The predicted molar refractivity (Wildman–Crippen MR) is 133 cm³/mol. The molecule has 1 aliphatic heterocycles. The number of aliphatic hydroxyl groups is 1. The zero-order chi connectivity index (χ0) is 25.0. The predicted octanol–water partition coefficient (Wildman–Crippen LogP) is 2.85. The van der Waals surface area contributed by atoms with Crippen LogP contribution < -0.4 is 9.46 Å². The highest BCUT2D eigenvalue weighted by atomic mass is 35.5. The van der Waals surface area contributed by atoms with E-state index in [0.29, 0.717) is 35.1 Å². The monoisotopic (exact) mass is 509 g/mol. The Morgan fingerprint density at radius 3 is 2.53 bits per heavy atom. The van der Waals surface area contributed by atoms with Crippen molar-refractivity contribution in [1.29, 1.82) is 0 Å². The van der Waals surface area contributed by atoms with E-state index in [9.17, 15) is 18.3 Å². The summed E-state index contributed by atoms with van der Waals surface area (Å²) in [5.74, 6) is 0.399. The summed E-state index contributed by atoms with van der Waals surface area (Å²) in [5.41, 5.74) is 0.901. The van der Waals surface area contributed by atoms with Gasteiger partial charge in [-0.3, -0.25) is 9.52 Å². The topological polar surface area (TPSA) is 99.2 Å². The summed E-state index contributed by atoms with van der Waals surface area (Å²) in [4.78, 5) is 17.0. The van der Waals surface area contributed by atoms with Gasteiger partial charge in [0.05, 0.1) is 24.0 Å². The van der Waals surface area contributed by atoms with Gasteiger partial charge >= 0.3 is 0 Å². The number of likely N-dealkylation sites (N-methyl/N-ethyl adjacent to an activating group) is 1. The highest BCUT2D eigenvalue weighted by Gasteiger charge is 2.31. The first-order chi connectivity index (χ1) is 16.0. The van der Waals surface area contributed by atoms with Crippen molar-refractivity contribution in [2.75, 3.05) is 38.5 Å². The number of carbonyl (C=O) groups excluding carboxylic acids is 1. The van der Waals surface area contributed by atoms with E-state index >= 15 is 0 Å². The van der Waals surface area contributed by atoms with Crippen molar-refractivity contribution in [2.45, 2.75) is 37.3 Å². The lowest BCUT2D eigenvalue weighted by molar-refractivity contribution is -0.134. The molecule has 0 bridgehead atoms. The second kappa shape index (κ2) is 10.9. The average molecular weight is 510 g/mol. The van der Waals surface area contributed by atoms with E-state index in [1.165, 1.54) is 24.3 Å². The number of hydrogen-bond acceptors (Lipinski definition) is 6. The van der Waals surface area contributed by atoms with Crippen LogP contribution in [0.1, 0.15) is 19.4 Å². The summed E-state index contributed by atoms with van der Waals surface area (Å²) in [6, 6.07) is 10.5. The molecule has 0 aliphatic carbocycles. The Labute approximate surface area is 206 Å². The van der Waals surface area contributed by atoms with Crippen molar-refractivity contribution >= 4 is 33.2 Å². The van der Waals surface area contributed by atoms with Gasteiger partial charge in [-0.2, -0.15) is 0 Å². The normalized spacial score (nSPS) is 20.1. The molecule has 0 radical (unpaired) electrons. The van der Waals surface area contributed by atoms with Crippen molar-refractivity contribution in [2.24, 2.45) is 5.92 Å². The number of ether oxygens (including phenoxy) is 1. The lowest BCUT2D eigenvalue weighted by atomic mass is 10.0. The van der Waals surface area contributed by atoms with Crippen LogP contribution in [0.2, 0.25) is 5.02 Å². The van der Waals surface area contributed by atoms with Gasteiger partial charge in [0.1, 0.15) is 11.9 Å². The number of hydrogen-bond donors (Lipinski definition) is 2. The second-order valence-electron chi connectivity index (χ2n) is 9.03. The van der Waals surface area contributed by atoms with Crippen molar-refractivity contribution in [3.63, 3.8) is 0 Å². The molecule has 10 heteroatoms. The Balaban J connectivity index is 1.97. The van der Waals surface area contributed by atoms with Crippen molar-refractivity contribution in [3.8, 4) is 5.75 Å². The molecule has 0 fully saturated rings. The van der Waals surface area contributed by atoms with Crippen LogP contribution in [0.25, 0.3) is 0 Å². The molecule has 186 valence electrons. The lowest BCUT2D eigenvalue weighted by Crippen LogP contribution is -2.47. The Kier molecular flexibility index (Phi) is 8.46. The smallest absolute Gasteiger partial charge is 0.261 e. The number of nitrogens with zero attached hydrogens (tertiary/aromatic N) is 2. The van der Waals surface area contributed by atoms with Crippen LogP contribution in [0, 0.1) is 5.92 Å². The fourth-order valence-electron chi connectivity index (χ4n) is 3.90. The largest absolute Gasteiger partial charge is 0.488 e. The highest BCUT2D eigenvalue weighted by Crippen LogP contribution is 2.30. The number of benzene rings is 2. The van der Waals surface area contributed by atoms with Crippen LogP contribution in [-0.2, 0) is 21.2 Å². The molecule has 2 aromatic rings. The molecule has 1 amide bonds. The van der Waals surface area contributed by atoms with E-state index < -0.39 is 10.0 Å². The fraction of sp³-hybridized carbons (Fsp3) is 0.458. The minimum Gasteiger partial charge on any atom is -0.488 e. The summed E-state index contributed by atoms with van der Waals surface area (Å²) in [6.45, 7) is 4.77. The number of rotatable bonds is 7. The maximum absolute atomic E-state index is 13.2. The van der Waals surface area contributed by atoms with Gasteiger partial charge in [-0.05, 0) is 63.5 Å². The van der Waals surface area contributed by atoms with Crippen LogP contribution in [0.3, 0.4) is 0 Å². The Morgan fingerprint density at radius 1 is 1.24 bits per heavy atom. The molecule has 0 saturated heterocycles. The molecule has 0 spiro atoms. The quantitative estimate of drug-likeness (QED) is 0.595. The number of carbonyl (C=O) groups is 1. The van der Waals surface area contributed by atoms with Crippen LogP contribution in [0.4, 0.5) is 5.69 Å². The molecule has 0 unspecified atom stereocenters. The maximum atomic E-state index is 13.2. The van der Waals surface area contributed by atoms with Gasteiger partial charge in [-0.25, -0.2) is 8.42 Å². The minimum atomic E-state index is -3.84. The van der Waals surface area contributed by atoms with E-state index in [-0.39, 0.29) is 41.9 Å². The van der Waals surface area contributed by atoms with E-state index in [1.54, 1.807) is 23.1 Å². The van der Waals surface area contributed by atoms with E-state index in [4.69, 9.17) is 16.3 Å². The summed E-state index contributed by atoms with van der Waals surface area (Å²) >= 11 is 5.87. The third-order valence-corrected chi connectivity index (χ3v) is 7.49. The Hall–Kier alpha value is -2.33. The lowest BCUT2D eigenvalue weighted by Gasteiger charge is -2.33. The van der Waals surface area contributed by atoms with Gasteiger partial charge in [-0.15, -0.1) is 0 Å². The minimum absolute atomic E-state index is 0.00869. The highest BCUT2D eigenvalue weighted by molar-refractivity contribution is 7.92. The summed E-state index contributed by atoms with van der Waals surface area (Å²) < 4.78 is 34.6. The molecule has 3 atom stereocenters. The van der Waals surface area contributed by atoms with Crippen LogP contribution in [-0.4, -0.2) is 75.2 Å². The molecule has 2 aromatic carbocycles. The zero-order valence-corrected chi connectivity index (χ0v) is 21.4. The summed E-state index contributed by atoms with van der Waals surface area (Å²) in [6.07, 6.45) is -0.179. The van der Waals surface area contributed by atoms with Gasteiger partial charge in [-0.1, -0.05) is 18.5 Å². The first-order valence-corrected chi connectivity index (χ1v) is 13.0. The Morgan fingerprint density at radius 2 is 1.91 bits per heavy atom. The molecular formula is C24H32ClN3O5S. The zero-order valence-electron chi connectivity index (χ0n) is 19.9.